The average molecular weight is 790 g/mol. The fraction of sp³-hybridized carbons (Fsp3) is 0. The van der Waals surface area contributed by atoms with Crippen molar-refractivity contribution in [3.05, 3.63) is 237 Å². The summed E-state index contributed by atoms with van der Waals surface area (Å²) in [5.41, 5.74) is 14.5. The molecular weight excluding hydrogens is 751 g/mol. The molecule has 0 aliphatic carbocycles. The van der Waals surface area contributed by atoms with Crippen molar-refractivity contribution in [1.82, 2.24) is 0 Å². The van der Waals surface area contributed by atoms with Gasteiger partial charge in [0.15, 0.2) is 0 Å². The van der Waals surface area contributed by atoms with Crippen molar-refractivity contribution in [2.45, 2.75) is 0 Å². The third-order valence-electron chi connectivity index (χ3n) is 12.4. The van der Waals surface area contributed by atoms with Gasteiger partial charge in [-0.05, 0) is 108 Å². The first-order valence-electron chi connectivity index (χ1n) is 21.3. The summed E-state index contributed by atoms with van der Waals surface area (Å²) in [5.74, 6) is 0. The van der Waals surface area contributed by atoms with Crippen molar-refractivity contribution in [2.75, 3.05) is 4.90 Å². The molecule has 2 heteroatoms. The Labute approximate surface area is 360 Å². The normalized spacial score (nSPS) is 11.5. The lowest BCUT2D eigenvalue weighted by Gasteiger charge is -2.27. The minimum absolute atomic E-state index is 0.904. The van der Waals surface area contributed by atoms with Crippen molar-refractivity contribution in [1.29, 1.82) is 0 Å². The van der Waals surface area contributed by atoms with Gasteiger partial charge in [-0.3, -0.25) is 0 Å². The zero-order valence-electron chi connectivity index (χ0n) is 33.9. The first kappa shape index (κ1) is 35.7. The Morgan fingerprint density at radius 2 is 0.839 bits per heavy atom. The second-order valence-corrected chi connectivity index (χ2v) is 16.0. The molecule has 0 spiro atoms. The van der Waals surface area contributed by atoms with Gasteiger partial charge >= 0.3 is 0 Å². The number of hydrogen-bond acceptors (Lipinski definition) is 2. The Morgan fingerprint density at radius 1 is 0.290 bits per heavy atom. The third-order valence-corrected chi connectivity index (χ3v) is 12.4. The van der Waals surface area contributed by atoms with E-state index in [9.17, 15) is 0 Å². The van der Waals surface area contributed by atoms with Crippen LogP contribution in [0.3, 0.4) is 0 Å². The van der Waals surface area contributed by atoms with Gasteiger partial charge in [0.25, 0.3) is 0 Å². The molecule has 1 aromatic heterocycles. The number of para-hydroxylation sites is 2. The van der Waals surface area contributed by atoms with Crippen molar-refractivity contribution in [3.8, 4) is 44.5 Å². The summed E-state index contributed by atoms with van der Waals surface area (Å²) < 4.78 is 6.46. The van der Waals surface area contributed by atoms with E-state index in [-0.39, 0.29) is 0 Å². The zero-order valence-corrected chi connectivity index (χ0v) is 33.9. The molecule has 1 heterocycles. The van der Waals surface area contributed by atoms with Crippen LogP contribution >= 0.6 is 0 Å². The third kappa shape index (κ3) is 5.96. The maximum Gasteiger partial charge on any atom is 0.143 e. The average Bonchev–Trinajstić information content (AvgIpc) is 3.74. The van der Waals surface area contributed by atoms with Crippen LogP contribution in [0.15, 0.2) is 241 Å². The first-order valence-corrected chi connectivity index (χ1v) is 21.3. The van der Waals surface area contributed by atoms with Gasteiger partial charge in [0.1, 0.15) is 11.2 Å². The van der Waals surface area contributed by atoms with E-state index in [0.29, 0.717) is 0 Å². The van der Waals surface area contributed by atoms with Gasteiger partial charge in [0.2, 0.25) is 0 Å². The minimum Gasteiger partial charge on any atom is -0.455 e. The molecule has 0 radical (unpaired) electrons. The van der Waals surface area contributed by atoms with E-state index in [1.54, 1.807) is 0 Å². The number of fused-ring (bicyclic) bond motifs is 7. The molecule has 0 aliphatic rings. The Bertz CT molecular complexity index is 3620. The molecule has 0 fully saturated rings. The molecule has 0 atom stereocenters. The van der Waals surface area contributed by atoms with Gasteiger partial charge in [0.05, 0.1) is 5.69 Å². The quantitative estimate of drug-likeness (QED) is 0.150. The predicted octanol–water partition coefficient (Wildman–Crippen LogP) is 17.2. The Kier molecular flexibility index (Phi) is 8.53. The highest BCUT2D eigenvalue weighted by Gasteiger charge is 2.20. The Balaban J connectivity index is 1.03. The molecule has 0 aliphatic heterocycles. The van der Waals surface area contributed by atoms with Crippen molar-refractivity contribution < 1.29 is 4.42 Å². The van der Waals surface area contributed by atoms with Gasteiger partial charge in [-0.25, -0.2) is 0 Å². The molecule has 0 bridgehead atoms. The van der Waals surface area contributed by atoms with Crippen LogP contribution in [0.4, 0.5) is 17.1 Å². The number of rotatable bonds is 7. The predicted molar refractivity (Wildman–Crippen MR) is 263 cm³/mol. The van der Waals surface area contributed by atoms with Gasteiger partial charge in [-0.1, -0.05) is 194 Å². The van der Waals surface area contributed by atoms with E-state index in [4.69, 9.17) is 4.42 Å². The van der Waals surface area contributed by atoms with Crippen LogP contribution in [0.5, 0.6) is 0 Å². The summed E-state index contributed by atoms with van der Waals surface area (Å²) in [7, 11) is 0. The maximum atomic E-state index is 6.46. The molecule has 11 aromatic carbocycles. The lowest BCUT2D eigenvalue weighted by molar-refractivity contribution is 0.670. The van der Waals surface area contributed by atoms with Crippen LogP contribution in [0.25, 0.3) is 98.8 Å². The zero-order chi connectivity index (χ0) is 41.0. The van der Waals surface area contributed by atoms with Crippen LogP contribution in [-0.4, -0.2) is 0 Å². The van der Waals surface area contributed by atoms with Crippen molar-refractivity contribution in [2.24, 2.45) is 0 Å². The molecule has 62 heavy (non-hydrogen) atoms. The largest absolute Gasteiger partial charge is 0.455 e. The molecule has 0 amide bonds. The van der Waals surface area contributed by atoms with Gasteiger partial charge in [-0.2, -0.15) is 0 Å². The smallest absolute Gasteiger partial charge is 0.143 e. The highest BCUT2D eigenvalue weighted by molar-refractivity contribution is 6.22. The molecule has 2 nitrogen and oxygen atoms in total. The molecule has 0 unspecified atom stereocenters. The van der Waals surface area contributed by atoms with Crippen molar-refractivity contribution >= 4 is 71.3 Å². The van der Waals surface area contributed by atoms with E-state index in [1.165, 1.54) is 54.6 Å². The van der Waals surface area contributed by atoms with E-state index < -0.39 is 0 Å². The van der Waals surface area contributed by atoms with E-state index in [2.05, 4.69) is 229 Å². The highest BCUT2D eigenvalue weighted by atomic mass is 16.3. The van der Waals surface area contributed by atoms with Crippen LogP contribution in [-0.2, 0) is 0 Å². The second-order valence-electron chi connectivity index (χ2n) is 16.0. The van der Waals surface area contributed by atoms with Crippen LogP contribution in [0, 0.1) is 0 Å². The lowest BCUT2D eigenvalue weighted by Crippen LogP contribution is -2.10. The van der Waals surface area contributed by atoms with Crippen LogP contribution in [0.1, 0.15) is 0 Å². The standard InChI is InChI=1S/C60H39NO/c1-3-17-42(18-4-1)58-53-27-10-9-25-50(53)51-37-34-45(39-55(51)59(58)43-19-5-2-6-20-43)44-22-13-23-47(38-44)61(56-30-14-21-40-16-7-8-24-48(40)56)46-35-32-41(33-36-46)49-28-15-29-54-52-26-11-12-31-57(52)62-60(49)54/h1-39H. The Morgan fingerprint density at radius 3 is 1.63 bits per heavy atom. The van der Waals surface area contributed by atoms with Crippen LogP contribution < -0.4 is 4.90 Å². The van der Waals surface area contributed by atoms with Gasteiger partial charge in [-0.15, -0.1) is 0 Å². The molecule has 0 N–H and O–H groups in total. The summed E-state index contributed by atoms with van der Waals surface area (Å²) in [6, 6.07) is 85.5. The van der Waals surface area contributed by atoms with E-state index >= 15 is 0 Å². The monoisotopic (exact) mass is 789 g/mol. The summed E-state index contributed by atoms with van der Waals surface area (Å²) in [6.45, 7) is 0. The minimum atomic E-state index is 0.904. The number of nitrogens with zero attached hydrogens (tertiary/aromatic N) is 1. The molecule has 0 saturated heterocycles. The van der Waals surface area contributed by atoms with E-state index in [1.807, 2.05) is 12.1 Å². The Hall–Kier alpha value is -8.20. The number of hydrogen-bond donors (Lipinski definition) is 0. The van der Waals surface area contributed by atoms with Gasteiger partial charge in [0, 0.05) is 33.1 Å². The number of anilines is 3. The fourth-order valence-corrected chi connectivity index (χ4v) is 9.60. The van der Waals surface area contributed by atoms with E-state index in [0.717, 1.165) is 61.3 Å². The summed E-state index contributed by atoms with van der Waals surface area (Å²) in [5, 5.41) is 9.64. The summed E-state index contributed by atoms with van der Waals surface area (Å²) in [6.07, 6.45) is 0. The number of furan rings is 1. The number of benzene rings is 11. The maximum absolute atomic E-state index is 6.46. The van der Waals surface area contributed by atoms with Crippen LogP contribution in [0.2, 0.25) is 0 Å². The first-order chi connectivity index (χ1) is 30.8. The molecule has 0 saturated carbocycles. The molecule has 12 rings (SSSR count). The van der Waals surface area contributed by atoms with Crippen molar-refractivity contribution in [3.63, 3.8) is 0 Å². The second kappa shape index (κ2) is 14.8. The topological polar surface area (TPSA) is 16.4 Å². The van der Waals surface area contributed by atoms with Gasteiger partial charge < -0.3 is 9.32 Å². The SMILES string of the molecule is c1ccc(-c2c(-c3ccccc3)c3cc(-c4cccc(N(c5ccc(-c6cccc7c6oc6ccccc67)cc5)c5cccc6ccccc56)c4)ccc3c3ccccc23)cc1. The lowest BCUT2D eigenvalue weighted by atomic mass is 9.84. The highest BCUT2D eigenvalue weighted by Crippen LogP contribution is 2.47. The molecule has 290 valence electrons. The molecule has 12 aromatic rings. The fourth-order valence-electron chi connectivity index (χ4n) is 9.60. The molecular formula is C60H39NO. The summed E-state index contributed by atoms with van der Waals surface area (Å²) in [4.78, 5) is 2.40. The summed E-state index contributed by atoms with van der Waals surface area (Å²) >= 11 is 0.